The van der Waals surface area contributed by atoms with Crippen molar-refractivity contribution in [2.75, 3.05) is 18.0 Å². The van der Waals surface area contributed by atoms with Crippen molar-refractivity contribution in [2.45, 2.75) is 0 Å². The zero-order chi connectivity index (χ0) is 9.97. The summed E-state index contributed by atoms with van der Waals surface area (Å²) in [6.07, 6.45) is 3.48. The summed E-state index contributed by atoms with van der Waals surface area (Å²) in [5.74, 6) is -1.08. The Morgan fingerprint density at radius 3 is 2.79 bits per heavy atom. The van der Waals surface area contributed by atoms with Gasteiger partial charge in [-0.25, -0.2) is 8.78 Å². The van der Waals surface area contributed by atoms with Crippen LogP contribution in [-0.4, -0.2) is 13.1 Å². The normalized spacial score (nSPS) is 15.4. The summed E-state index contributed by atoms with van der Waals surface area (Å²) >= 11 is 0. The van der Waals surface area contributed by atoms with Crippen molar-refractivity contribution in [3.63, 3.8) is 0 Å². The standard InChI is InChI=1S/C10H10F2N2/c11-8-1-2-10(9(12)7-8)14-5-3-13-4-6-14/h1-3,5,7,13H,4,6H2. The minimum atomic E-state index is -0.551. The number of nitrogens with one attached hydrogen (secondary N) is 1. The third kappa shape index (κ3) is 1.69. The Balaban J connectivity index is 2.31. The molecule has 0 aliphatic carbocycles. The predicted octanol–water partition coefficient (Wildman–Crippen LogP) is 1.85. The van der Waals surface area contributed by atoms with Crippen molar-refractivity contribution < 1.29 is 8.78 Å². The molecule has 0 spiro atoms. The number of rotatable bonds is 1. The Kier molecular flexibility index (Phi) is 2.35. The molecule has 0 amide bonds. The largest absolute Gasteiger partial charge is 0.388 e. The topological polar surface area (TPSA) is 15.3 Å². The number of halogens is 2. The molecule has 1 aliphatic heterocycles. The Labute approximate surface area is 80.8 Å². The van der Waals surface area contributed by atoms with Crippen LogP contribution < -0.4 is 10.2 Å². The van der Waals surface area contributed by atoms with Crippen molar-refractivity contribution in [3.8, 4) is 0 Å². The van der Waals surface area contributed by atoms with Gasteiger partial charge in [0.1, 0.15) is 11.6 Å². The van der Waals surface area contributed by atoms with Gasteiger partial charge in [-0.2, -0.15) is 0 Å². The van der Waals surface area contributed by atoms with Gasteiger partial charge in [-0.05, 0) is 12.1 Å². The average Bonchev–Trinajstić information content (AvgIpc) is 2.19. The summed E-state index contributed by atoms with van der Waals surface area (Å²) in [5, 5.41) is 3.00. The van der Waals surface area contributed by atoms with Crippen molar-refractivity contribution in [2.24, 2.45) is 0 Å². The van der Waals surface area contributed by atoms with Gasteiger partial charge in [0.2, 0.25) is 0 Å². The fourth-order valence-electron chi connectivity index (χ4n) is 1.40. The fraction of sp³-hybridized carbons (Fsp3) is 0.200. The van der Waals surface area contributed by atoms with Crippen LogP contribution in [0.15, 0.2) is 30.6 Å². The van der Waals surface area contributed by atoms with Crippen LogP contribution in [0.2, 0.25) is 0 Å². The zero-order valence-corrected chi connectivity index (χ0v) is 7.50. The lowest BCUT2D eigenvalue weighted by molar-refractivity contribution is 0.580. The minimum absolute atomic E-state index is 0.407. The maximum absolute atomic E-state index is 13.3. The lowest BCUT2D eigenvalue weighted by Crippen LogP contribution is -2.31. The van der Waals surface area contributed by atoms with E-state index in [-0.39, 0.29) is 0 Å². The van der Waals surface area contributed by atoms with Crippen LogP contribution >= 0.6 is 0 Å². The van der Waals surface area contributed by atoms with Gasteiger partial charge >= 0.3 is 0 Å². The van der Waals surface area contributed by atoms with Crippen molar-refractivity contribution in [1.82, 2.24) is 5.32 Å². The lowest BCUT2D eigenvalue weighted by atomic mass is 10.2. The van der Waals surface area contributed by atoms with Crippen LogP contribution in [0.3, 0.4) is 0 Å². The first-order valence-electron chi connectivity index (χ1n) is 4.39. The van der Waals surface area contributed by atoms with Gasteiger partial charge in [0.15, 0.2) is 0 Å². The Morgan fingerprint density at radius 1 is 1.29 bits per heavy atom. The molecule has 74 valence electrons. The van der Waals surface area contributed by atoms with Crippen LogP contribution in [-0.2, 0) is 0 Å². The zero-order valence-electron chi connectivity index (χ0n) is 7.50. The summed E-state index contributed by atoms with van der Waals surface area (Å²) in [7, 11) is 0. The molecule has 4 heteroatoms. The maximum atomic E-state index is 13.3. The van der Waals surface area contributed by atoms with Gasteiger partial charge in [-0.15, -0.1) is 0 Å². The van der Waals surface area contributed by atoms with Crippen LogP contribution in [0.5, 0.6) is 0 Å². The first kappa shape index (κ1) is 8.99. The fourth-order valence-corrected chi connectivity index (χ4v) is 1.40. The molecule has 0 fully saturated rings. The first-order valence-corrected chi connectivity index (χ1v) is 4.39. The van der Waals surface area contributed by atoms with Crippen LogP contribution in [0, 0.1) is 11.6 Å². The SMILES string of the molecule is Fc1ccc(N2C=CNCC2)c(F)c1. The van der Waals surface area contributed by atoms with Crippen LogP contribution in [0.4, 0.5) is 14.5 Å². The Morgan fingerprint density at radius 2 is 2.14 bits per heavy atom. The van der Waals surface area contributed by atoms with E-state index in [4.69, 9.17) is 0 Å². The van der Waals surface area contributed by atoms with E-state index in [0.29, 0.717) is 12.2 Å². The summed E-state index contributed by atoms with van der Waals surface area (Å²) in [6, 6.07) is 3.60. The molecular formula is C10H10F2N2. The van der Waals surface area contributed by atoms with E-state index in [0.717, 1.165) is 12.6 Å². The quantitative estimate of drug-likeness (QED) is 0.737. The smallest absolute Gasteiger partial charge is 0.149 e. The van der Waals surface area contributed by atoms with Gasteiger partial charge in [0.05, 0.1) is 5.69 Å². The third-order valence-electron chi connectivity index (χ3n) is 2.09. The highest BCUT2D eigenvalue weighted by Gasteiger charge is 2.11. The molecule has 1 aromatic carbocycles. The van der Waals surface area contributed by atoms with Crippen LogP contribution in [0.25, 0.3) is 0 Å². The van der Waals surface area contributed by atoms with Gasteiger partial charge in [-0.3, -0.25) is 0 Å². The molecule has 0 saturated heterocycles. The molecule has 1 aliphatic rings. The molecule has 1 aromatic rings. The maximum Gasteiger partial charge on any atom is 0.149 e. The first-order chi connectivity index (χ1) is 6.77. The number of benzene rings is 1. The van der Waals surface area contributed by atoms with Crippen molar-refractivity contribution >= 4 is 5.69 Å². The van der Waals surface area contributed by atoms with E-state index < -0.39 is 11.6 Å². The molecule has 1 N–H and O–H groups in total. The number of hydrogen-bond donors (Lipinski definition) is 1. The Bertz CT molecular complexity index is 363. The molecular weight excluding hydrogens is 186 g/mol. The van der Waals surface area contributed by atoms with Crippen molar-refractivity contribution in [1.29, 1.82) is 0 Å². The molecule has 0 aromatic heterocycles. The molecule has 0 unspecified atom stereocenters. The van der Waals surface area contributed by atoms with Gasteiger partial charge in [0, 0.05) is 31.6 Å². The molecule has 0 saturated carbocycles. The van der Waals surface area contributed by atoms with Gasteiger partial charge in [0.25, 0.3) is 0 Å². The van der Waals surface area contributed by atoms with Crippen LogP contribution in [0.1, 0.15) is 0 Å². The molecule has 14 heavy (non-hydrogen) atoms. The second-order valence-electron chi connectivity index (χ2n) is 3.06. The number of nitrogens with zero attached hydrogens (tertiary/aromatic N) is 1. The Hall–Kier alpha value is -1.58. The molecule has 1 heterocycles. The highest BCUT2D eigenvalue weighted by Crippen LogP contribution is 2.20. The van der Waals surface area contributed by atoms with E-state index in [1.165, 1.54) is 12.1 Å². The molecule has 0 bridgehead atoms. The van der Waals surface area contributed by atoms with E-state index >= 15 is 0 Å². The highest BCUT2D eigenvalue weighted by atomic mass is 19.1. The van der Waals surface area contributed by atoms with E-state index in [9.17, 15) is 8.78 Å². The van der Waals surface area contributed by atoms with Gasteiger partial charge < -0.3 is 10.2 Å². The third-order valence-corrected chi connectivity index (χ3v) is 2.09. The second-order valence-corrected chi connectivity index (χ2v) is 3.06. The molecule has 0 radical (unpaired) electrons. The summed E-state index contributed by atoms with van der Waals surface area (Å²) in [4.78, 5) is 1.74. The molecule has 2 rings (SSSR count). The number of anilines is 1. The van der Waals surface area contributed by atoms with Crippen molar-refractivity contribution in [3.05, 3.63) is 42.2 Å². The van der Waals surface area contributed by atoms with E-state index in [1.54, 1.807) is 17.3 Å². The molecule has 2 nitrogen and oxygen atoms in total. The lowest BCUT2D eigenvalue weighted by Gasteiger charge is -2.24. The average molecular weight is 196 g/mol. The summed E-state index contributed by atoms with van der Waals surface area (Å²) in [6.45, 7) is 1.44. The molecule has 0 atom stereocenters. The van der Waals surface area contributed by atoms with E-state index in [1.807, 2.05) is 0 Å². The minimum Gasteiger partial charge on any atom is -0.388 e. The monoisotopic (exact) mass is 196 g/mol. The predicted molar refractivity (Wildman–Crippen MR) is 50.8 cm³/mol. The summed E-state index contributed by atoms with van der Waals surface area (Å²) < 4.78 is 25.9. The highest BCUT2D eigenvalue weighted by molar-refractivity contribution is 5.50. The van der Waals surface area contributed by atoms with Gasteiger partial charge in [-0.1, -0.05) is 0 Å². The second kappa shape index (κ2) is 3.65. The van der Waals surface area contributed by atoms with E-state index in [2.05, 4.69) is 5.32 Å². The summed E-state index contributed by atoms with van der Waals surface area (Å²) in [5.41, 5.74) is 0.407. The number of hydrogen-bond acceptors (Lipinski definition) is 2.